The maximum atomic E-state index is 11.9. The number of thiocarbonyl (C=S) groups is 1. The van der Waals surface area contributed by atoms with Crippen molar-refractivity contribution >= 4 is 55.9 Å². The van der Waals surface area contributed by atoms with E-state index >= 15 is 0 Å². The maximum absolute atomic E-state index is 11.9. The minimum atomic E-state index is -0.336. The number of aromatic nitrogens is 1. The second-order valence-corrected chi connectivity index (χ2v) is 6.27. The highest BCUT2D eigenvalue weighted by Gasteiger charge is 2.11. The Kier molecular flexibility index (Phi) is 6.00. The number of carbonyl (C=O) groups excluding carboxylic acids is 2. The summed E-state index contributed by atoms with van der Waals surface area (Å²) in [5.74, 6) is -0.585. The van der Waals surface area contributed by atoms with Crippen LogP contribution in [-0.2, 0) is 9.53 Å². The predicted octanol–water partition coefficient (Wildman–Crippen LogP) is 3.09. The van der Waals surface area contributed by atoms with Crippen molar-refractivity contribution in [2.45, 2.75) is 26.7 Å². The van der Waals surface area contributed by atoms with E-state index in [1.54, 1.807) is 18.2 Å². The third-order valence-electron chi connectivity index (χ3n) is 2.87. The summed E-state index contributed by atoms with van der Waals surface area (Å²) >= 11 is 6.34. The lowest BCUT2D eigenvalue weighted by Gasteiger charge is -2.03. The second-order valence-electron chi connectivity index (χ2n) is 4.83. The van der Waals surface area contributed by atoms with Gasteiger partial charge in [0.05, 0.1) is 22.4 Å². The van der Waals surface area contributed by atoms with Crippen LogP contribution in [0.25, 0.3) is 10.2 Å². The Hall–Kier alpha value is -2.06. The number of thiazole rings is 1. The number of ether oxygens (including phenoxy) is 1. The van der Waals surface area contributed by atoms with Crippen molar-refractivity contribution in [1.29, 1.82) is 0 Å². The van der Waals surface area contributed by atoms with Crippen LogP contribution < -0.4 is 10.6 Å². The smallest absolute Gasteiger partial charge is 0.338 e. The largest absolute Gasteiger partial charge is 0.462 e. The van der Waals surface area contributed by atoms with Gasteiger partial charge in [-0.15, -0.1) is 0 Å². The lowest BCUT2D eigenvalue weighted by Crippen LogP contribution is -2.32. The molecule has 0 aliphatic carbocycles. The van der Waals surface area contributed by atoms with E-state index in [1.165, 1.54) is 18.3 Å². The van der Waals surface area contributed by atoms with E-state index in [2.05, 4.69) is 15.6 Å². The van der Waals surface area contributed by atoms with Gasteiger partial charge in [0.25, 0.3) is 0 Å². The molecule has 1 aromatic heterocycles. The molecule has 0 saturated carbocycles. The highest BCUT2D eigenvalue weighted by Crippen LogP contribution is 2.27. The average molecular weight is 351 g/mol. The molecule has 0 unspecified atom stereocenters. The van der Waals surface area contributed by atoms with Gasteiger partial charge in [-0.25, -0.2) is 9.78 Å². The van der Waals surface area contributed by atoms with Crippen molar-refractivity contribution in [3.05, 3.63) is 23.8 Å². The fourth-order valence-corrected chi connectivity index (χ4v) is 3.00. The summed E-state index contributed by atoms with van der Waals surface area (Å²) in [4.78, 5) is 27.2. The van der Waals surface area contributed by atoms with E-state index in [4.69, 9.17) is 17.0 Å². The average Bonchev–Trinajstić information content (AvgIpc) is 2.87. The number of carbonyl (C=O) groups is 2. The van der Waals surface area contributed by atoms with Crippen LogP contribution in [0.5, 0.6) is 0 Å². The molecule has 0 radical (unpaired) electrons. The molecule has 23 heavy (non-hydrogen) atoms. The zero-order valence-corrected chi connectivity index (χ0v) is 14.5. The molecule has 2 N–H and O–H groups in total. The highest BCUT2D eigenvalue weighted by atomic mass is 32.1. The first kappa shape index (κ1) is 17.3. The molecule has 0 aliphatic rings. The molecule has 0 bridgehead atoms. The molecule has 0 aliphatic heterocycles. The quantitative estimate of drug-likeness (QED) is 0.489. The van der Waals surface area contributed by atoms with Crippen LogP contribution in [0.1, 0.15) is 37.0 Å². The van der Waals surface area contributed by atoms with Gasteiger partial charge in [-0.1, -0.05) is 24.7 Å². The number of anilines is 1. The molecule has 1 aromatic carbocycles. The van der Waals surface area contributed by atoms with Gasteiger partial charge >= 0.3 is 5.97 Å². The molecule has 8 heteroatoms. The molecule has 0 spiro atoms. The fourth-order valence-electron chi connectivity index (χ4n) is 1.79. The second kappa shape index (κ2) is 7.98. The lowest BCUT2D eigenvalue weighted by molar-refractivity contribution is -0.117. The molecule has 1 heterocycles. The molecule has 122 valence electrons. The first-order chi connectivity index (χ1) is 11.0. The van der Waals surface area contributed by atoms with Crippen molar-refractivity contribution in [2.24, 2.45) is 0 Å². The molecule has 0 atom stereocenters. The Morgan fingerprint density at radius 3 is 2.87 bits per heavy atom. The minimum Gasteiger partial charge on any atom is -0.462 e. The molecule has 0 saturated heterocycles. The van der Waals surface area contributed by atoms with Gasteiger partial charge < -0.3 is 15.4 Å². The minimum absolute atomic E-state index is 0.191. The summed E-state index contributed by atoms with van der Waals surface area (Å²) in [5, 5.41) is 6.05. The number of amides is 1. The first-order valence-corrected chi connectivity index (χ1v) is 8.38. The summed E-state index contributed by atoms with van der Waals surface area (Å²) in [7, 11) is 0. The number of benzene rings is 1. The summed E-state index contributed by atoms with van der Waals surface area (Å²) < 4.78 is 6.03. The number of unbranched alkanes of at least 4 members (excludes halogenated alkanes) is 1. The van der Waals surface area contributed by atoms with Crippen LogP contribution in [0, 0.1) is 0 Å². The van der Waals surface area contributed by atoms with Crippen LogP contribution >= 0.6 is 23.6 Å². The van der Waals surface area contributed by atoms with Crippen LogP contribution in [0.3, 0.4) is 0 Å². The van der Waals surface area contributed by atoms with Crippen LogP contribution in [0.2, 0.25) is 0 Å². The predicted molar refractivity (Wildman–Crippen MR) is 94.8 cm³/mol. The normalized spacial score (nSPS) is 10.3. The molecule has 1 amide bonds. The zero-order valence-electron chi connectivity index (χ0n) is 12.8. The van der Waals surface area contributed by atoms with Gasteiger partial charge in [-0.3, -0.25) is 4.79 Å². The third-order valence-corrected chi connectivity index (χ3v) is 4.00. The van der Waals surface area contributed by atoms with Crippen molar-refractivity contribution in [1.82, 2.24) is 10.3 Å². The summed E-state index contributed by atoms with van der Waals surface area (Å²) in [6.45, 7) is 3.84. The summed E-state index contributed by atoms with van der Waals surface area (Å²) in [6, 6.07) is 5.19. The monoisotopic (exact) mass is 351 g/mol. The van der Waals surface area contributed by atoms with E-state index < -0.39 is 0 Å². The molecule has 6 nitrogen and oxygen atoms in total. The van der Waals surface area contributed by atoms with Crippen LogP contribution in [0.4, 0.5) is 5.13 Å². The van der Waals surface area contributed by atoms with E-state index in [1.807, 2.05) is 6.92 Å². The molecular formula is C15H17N3O3S2. The number of hydrogen-bond donors (Lipinski definition) is 2. The van der Waals surface area contributed by atoms with Gasteiger partial charge in [0, 0.05) is 6.92 Å². The molecular weight excluding hydrogens is 334 g/mol. The third kappa shape index (κ3) is 4.97. The topological polar surface area (TPSA) is 80.3 Å². The van der Waals surface area contributed by atoms with Crippen molar-refractivity contribution < 1.29 is 14.3 Å². The molecule has 2 aromatic rings. The maximum Gasteiger partial charge on any atom is 0.338 e. The van der Waals surface area contributed by atoms with Gasteiger partial charge in [-0.2, -0.15) is 0 Å². The van der Waals surface area contributed by atoms with Crippen LogP contribution in [0.15, 0.2) is 18.2 Å². The number of hydrogen-bond acceptors (Lipinski definition) is 6. The van der Waals surface area contributed by atoms with Crippen molar-refractivity contribution in [2.75, 3.05) is 11.9 Å². The standard InChI is InChI=1S/C15H17N3O3S2/c1-3-4-7-21-13(20)10-5-6-11-12(8-10)23-15(17-11)18-14(22)16-9(2)19/h5-6,8H,3-4,7H2,1-2H3,(H2,16,17,18,19,22). The van der Waals surface area contributed by atoms with Gasteiger partial charge in [0.2, 0.25) is 5.91 Å². The van der Waals surface area contributed by atoms with Gasteiger partial charge in [0.1, 0.15) is 0 Å². The number of nitrogens with zero attached hydrogens (tertiary/aromatic N) is 1. The first-order valence-electron chi connectivity index (χ1n) is 7.16. The number of esters is 1. The van der Waals surface area contributed by atoms with Crippen molar-refractivity contribution in [3.8, 4) is 0 Å². The fraction of sp³-hybridized carbons (Fsp3) is 0.333. The SMILES string of the molecule is CCCCOC(=O)c1ccc2nc(NC(=S)NC(C)=O)sc2c1. The number of rotatable bonds is 5. The Morgan fingerprint density at radius 1 is 1.39 bits per heavy atom. The Morgan fingerprint density at radius 2 is 2.17 bits per heavy atom. The van der Waals surface area contributed by atoms with Crippen molar-refractivity contribution in [3.63, 3.8) is 0 Å². The Bertz CT molecular complexity index is 743. The van der Waals surface area contributed by atoms with E-state index in [-0.39, 0.29) is 17.0 Å². The number of nitrogens with one attached hydrogen (secondary N) is 2. The zero-order chi connectivity index (χ0) is 16.8. The van der Waals surface area contributed by atoms with E-state index in [0.29, 0.717) is 17.3 Å². The molecule has 0 fully saturated rings. The van der Waals surface area contributed by atoms with Crippen LogP contribution in [-0.4, -0.2) is 28.6 Å². The van der Waals surface area contributed by atoms with E-state index in [0.717, 1.165) is 23.1 Å². The summed E-state index contributed by atoms with van der Waals surface area (Å²) in [6.07, 6.45) is 1.83. The van der Waals surface area contributed by atoms with Gasteiger partial charge in [0.15, 0.2) is 10.2 Å². The lowest BCUT2D eigenvalue weighted by atomic mass is 10.2. The highest BCUT2D eigenvalue weighted by molar-refractivity contribution is 7.80. The van der Waals surface area contributed by atoms with Gasteiger partial charge in [-0.05, 0) is 36.8 Å². The number of fused-ring (bicyclic) bond motifs is 1. The summed E-state index contributed by atoms with van der Waals surface area (Å²) in [5.41, 5.74) is 1.24. The molecule has 2 rings (SSSR count). The Labute approximate surface area is 143 Å². The Balaban J connectivity index is 2.09. The van der Waals surface area contributed by atoms with E-state index in [9.17, 15) is 9.59 Å².